The zero-order valence-corrected chi connectivity index (χ0v) is 17.1. The van der Waals surface area contributed by atoms with Crippen molar-refractivity contribution in [2.45, 2.75) is 6.54 Å². The first-order valence-corrected chi connectivity index (χ1v) is 9.57. The number of hydrogen-bond donors (Lipinski definition) is 1. The molecule has 8 heteroatoms. The Kier molecular flexibility index (Phi) is 5.70. The summed E-state index contributed by atoms with van der Waals surface area (Å²) >= 11 is 0. The van der Waals surface area contributed by atoms with Crippen molar-refractivity contribution in [3.05, 3.63) is 90.1 Å². The molecule has 0 bridgehead atoms. The third-order valence-electron chi connectivity index (χ3n) is 4.81. The molecule has 2 aromatic carbocycles. The molecule has 0 aliphatic rings. The summed E-state index contributed by atoms with van der Waals surface area (Å²) in [5.41, 5.74) is 1.63. The van der Waals surface area contributed by atoms with E-state index in [-0.39, 0.29) is 18.3 Å². The molecule has 0 atom stereocenters. The highest BCUT2D eigenvalue weighted by Crippen LogP contribution is 2.30. The van der Waals surface area contributed by atoms with Gasteiger partial charge in [-0.05, 0) is 36.4 Å². The van der Waals surface area contributed by atoms with Crippen molar-refractivity contribution in [3.8, 4) is 23.0 Å². The van der Waals surface area contributed by atoms with E-state index in [2.05, 4.69) is 10.4 Å². The number of methoxy groups -OCH3 is 2. The lowest BCUT2D eigenvalue weighted by molar-refractivity contribution is 0.0950. The summed E-state index contributed by atoms with van der Waals surface area (Å²) in [5.74, 6) is 0.942. The van der Waals surface area contributed by atoms with Crippen LogP contribution in [0.2, 0.25) is 0 Å². The molecule has 0 saturated heterocycles. The maximum atomic E-state index is 13.8. The molecule has 0 saturated carbocycles. The summed E-state index contributed by atoms with van der Waals surface area (Å²) in [6, 6.07) is 15.2. The molecule has 4 rings (SSSR count). The molecule has 0 fully saturated rings. The van der Waals surface area contributed by atoms with Gasteiger partial charge in [-0.2, -0.15) is 5.10 Å². The summed E-state index contributed by atoms with van der Waals surface area (Å²) in [6.07, 6.45) is 5.07. The Labute approximate surface area is 178 Å². The number of aromatic nitrogens is 3. The van der Waals surface area contributed by atoms with Crippen LogP contribution in [0.15, 0.2) is 73.2 Å². The van der Waals surface area contributed by atoms with Gasteiger partial charge in [0.2, 0.25) is 0 Å². The van der Waals surface area contributed by atoms with Crippen molar-refractivity contribution in [3.63, 3.8) is 0 Å². The Morgan fingerprint density at radius 2 is 1.84 bits per heavy atom. The molecule has 0 aliphatic heterocycles. The highest BCUT2D eigenvalue weighted by atomic mass is 19.1. The molecule has 158 valence electrons. The topological polar surface area (TPSA) is 70.3 Å². The van der Waals surface area contributed by atoms with Crippen LogP contribution >= 0.6 is 0 Å². The van der Waals surface area contributed by atoms with E-state index in [1.807, 2.05) is 24.3 Å². The summed E-state index contributed by atoms with van der Waals surface area (Å²) in [7, 11) is 3.11. The van der Waals surface area contributed by atoms with Crippen LogP contribution in [0.5, 0.6) is 11.5 Å². The molecule has 7 nitrogen and oxygen atoms in total. The average Bonchev–Trinajstić information content (AvgIpc) is 3.46. The number of benzene rings is 2. The second-order valence-corrected chi connectivity index (χ2v) is 6.70. The van der Waals surface area contributed by atoms with E-state index in [4.69, 9.17) is 9.47 Å². The van der Waals surface area contributed by atoms with Crippen LogP contribution in [-0.4, -0.2) is 34.5 Å². The van der Waals surface area contributed by atoms with Crippen molar-refractivity contribution in [1.82, 2.24) is 19.7 Å². The van der Waals surface area contributed by atoms with Gasteiger partial charge in [-0.3, -0.25) is 4.79 Å². The van der Waals surface area contributed by atoms with Crippen LogP contribution in [0.25, 0.3) is 11.5 Å². The zero-order chi connectivity index (χ0) is 21.8. The Bertz CT molecular complexity index is 1200. The maximum absolute atomic E-state index is 13.8. The van der Waals surface area contributed by atoms with Gasteiger partial charge >= 0.3 is 0 Å². The van der Waals surface area contributed by atoms with Gasteiger partial charge in [0.25, 0.3) is 5.91 Å². The first-order chi connectivity index (χ1) is 15.1. The van der Waals surface area contributed by atoms with E-state index < -0.39 is 0 Å². The summed E-state index contributed by atoms with van der Waals surface area (Å²) < 4.78 is 27.8. The minimum Gasteiger partial charge on any atom is -0.493 e. The van der Waals surface area contributed by atoms with Gasteiger partial charge in [0.1, 0.15) is 11.4 Å². The van der Waals surface area contributed by atoms with Crippen molar-refractivity contribution >= 4 is 5.91 Å². The van der Waals surface area contributed by atoms with E-state index in [0.29, 0.717) is 28.6 Å². The molecule has 1 N–H and O–H groups in total. The van der Waals surface area contributed by atoms with Crippen molar-refractivity contribution < 1.29 is 18.7 Å². The third-order valence-corrected chi connectivity index (χ3v) is 4.81. The third kappa shape index (κ3) is 4.00. The number of nitrogens with one attached hydrogen (secondary N) is 1. The molecule has 0 unspecified atom stereocenters. The summed E-state index contributed by atoms with van der Waals surface area (Å²) in [4.78, 5) is 13.1. The second kappa shape index (κ2) is 8.74. The number of halogens is 1. The molecule has 0 radical (unpaired) electrons. The normalized spacial score (nSPS) is 10.7. The number of nitrogens with zero attached hydrogens (tertiary/aromatic N) is 3. The van der Waals surface area contributed by atoms with E-state index in [1.54, 1.807) is 49.4 Å². The van der Waals surface area contributed by atoms with Gasteiger partial charge < -0.3 is 19.4 Å². The first-order valence-electron chi connectivity index (χ1n) is 9.57. The summed E-state index contributed by atoms with van der Waals surface area (Å²) in [6.45, 7) is 0.232. The first kappa shape index (κ1) is 20.2. The fourth-order valence-electron chi connectivity index (χ4n) is 3.39. The van der Waals surface area contributed by atoms with Crippen LogP contribution in [0.4, 0.5) is 4.39 Å². The molecule has 4 aromatic rings. The highest BCUT2D eigenvalue weighted by Gasteiger charge is 2.20. The van der Waals surface area contributed by atoms with Crippen molar-refractivity contribution in [2.75, 3.05) is 14.2 Å². The lowest BCUT2D eigenvalue weighted by Gasteiger charge is -2.14. The Morgan fingerprint density at radius 3 is 2.55 bits per heavy atom. The number of rotatable bonds is 7. The van der Waals surface area contributed by atoms with Gasteiger partial charge in [-0.25, -0.2) is 9.07 Å². The van der Waals surface area contributed by atoms with E-state index in [1.165, 1.54) is 23.0 Å². The Balaban J connectivity index is 1.67. The van der Waals surface area contributed by atoms with Crippen LogP contribution in [0.1, 0.15) is 15.9 Å². The predicted molar refractivity (Wildman–Crippen MR) is 114 cm³/mol. The monoisotopic (exact) mass is 420 g/mol. The number of carbonyl (C=O) groups excluding carboxylic acids is 1. The fraction of sp³-hybridized carbons (Fsp3) is 0.130. The number of ether oxygens (including phenoxy) is 2. The number of carbonyl (C=O) groups is 1. The minimum absolute atomic E-state index is 0.232. The van der Waals surface area contributed by atoms with Crippen LogP contribution in [0.3, 0.4) is 0 Å². The molecule has 1 amide bonds. The quantitative estimate of drug-likeness (QED) is 0.494. The molecule has 0 aliphatic carbocycles. The molecule has 2 aromatic heterocycles. The number of amides is 1. The lowest BCUT2D eigenvalue weighted by atomic mass is 10.1. The zero-order valence-electron chi connectivity index (χ0n) is 17.1. The van der Waals surface area contributed by atoms with Gasteiger partial charge in [-0.1, -0.05) is 18.2 Å². The lowest BCUT2D eigenvalue weighted by Crippen LogP contribution is -2.24. The summed E-state index contributed by atoms with van der Waals surface area (Å²) in [5, 5.41) is 7.25. The van der Waals surface area contributed by atoms with Gasteiger partial charge in [-0.15, -0.1) is 0 Å². The van der Waals surface area contributed by atoms with Crippen molar-refractivity contribution in [2.24, 2.45) is 0 Å². The highest BCUT2D eigenvalue weighted by molar-refractivity contribution is 5.97. The van der Waals surface area contributed by atoms with Crippen molar-refractivity contribution in [1.29, 1.82) is 0 Å². The van der Waals surface area contributed by atoms with Gasteiger partial charge in [0.05, 0.1) is 26.1 Å². The largest absolute Gasteiger partial charge is 0.493 e. The number of para-hydroxylation sites is 1. The Morgan fingerprint density at radius 1 is 1.06 bits per heavy atom. The molecule has 2 heterocycles. The van der Waals surface area contributed by atoms with E-state index in [0.717, 1.165) is 5.56 Å². The van der Waals surface area contributed by atoms with Crippen LogP contribution in [-0.2, 0) is 6.54 Å². The van der Waals surface area contributed by atoms with Crippen LogP contribution in [0, 0.1) is 5.82 Å². The second-order valence-electron chi connectivity index (χ2n) is 6.70. The molecule has 0 spiro atoms. The average molecular weight is 420 g/mol. The van der Waals surface area contributed by atoms with Gasteiger partial charge in [0, 0.05) is 24.5 Å². The maximum Gasteiger partial charge on any atom is 0.256 e. The molecular formula is C23H21FN4O3. The number of hydrogen-bond acceptors (Lipinski definition) is 4. The smallest absolute Gasteiger partial charge is 0.256 e. The fourth-order valence-corrected chi connectivity index (χ4v) is 3.39. The van der Waals surface area contributed by atoms with Gasteiger partial charge in [0.15, 0.2) is 17.3 Å². The standard InChI is InChI=1S/C23H21FN4O3/c1-30-20-10-5-7-16(21(20)31-2)14-25-22(29)19-15-26-28(18-9-6-8-17(24)13-18)23(19)27-11-3-4-12-27/h3-13,15H,14H2,1-2H3,(H,25,29). The molecular weight excluding hydrogens is 399 g/mol. The molecule has 31 heavy (non-hydrogen) atoms. The predicted octanol–water partition coefficient (Wildman–Crippen LogP) is 3.75. The minimum atomic E-state index is -0.387. The van der Waals surface area contributed by atoms with E-state index in [9.17, 15) is 9.18 Å². The Hall–Kier alpha value is -4.07. The van der Waals surface area contributed by atoms with Crippen LogP contribution < -0.4 is 14.8 Å². The SMILES string of the molecule is COc1cccc(CNC(=O)c2cnn(-c3cccc(F)c3)c2-n2cccc2)c1OC. The van der Waals surface area contributed by atoms with E-state index >= 15 is 0 Å².